The second kappa shape index (κ2) is 6.80. The first-order valence-corrected chi connectivity index (χ1v) is 8.08. The minimum absolute atomic E-state index is 0.164. The maximum Gasteiger partial charge on any atom is 0.312 e. The van der Waals surface area contributed by atoms with Crippen molar-refractivity contribution < 1.29 is 9.53 Å². The van der Waals surface area contributed by atoms with Crippen LogP contribution in [0.15, 0.2) is 30.3 Å². The molecule has 22 heavy (non-hydrogen) atoms. The SMILES string of the molecule is CC[C@H]1CN(Cc2ccccc2)C(N)[C@H]1C(=O)OC(C)(C)C. The number of rotatable bonds is 4. The number of ether oxygens (including phenoxy) is 1. The molecule has 0 radical (unpaired) electrons. The van der Waals surface area contributed by atoms with E-state index < -0.39 is 5.60 Å². The molecule has 122 valence electrons. The quantitative estimate of drug-likeness (QED) is 0.869. The zero-order valence-corrected chi connectivity index (χ0v) is 14.1. The van der Waals surface area contributed by atoms with Crippen LogP contribution in [-0.2, 0) is 16.1 Å². The van der Waals surface area contributed by atoms with Crippen LogP contribution in [0.3, 0.4) is 0 Å². The molecule has 4 heteroatoms. The number of carbonyl (C=O) groups is 1. The Hall–Kier alpha value is -1.39. The standard InChI is InChI=1S/C18H28N2O2/c1-5-14-12-20(11-13-9-7-6-8-10-13)16(19)15(14)17(21)22-18(2,3)4/h6-10,14-16H,5,11-12,19H2,1-4H3/t14-,15-,16?/m0/s1. The van der Waals surface area contributed by atoms with Gasteiger partial charge in [-0.15, -0.1) is 0 Å². The average Bonchev–Trinajstić information content (AvgIpc) is 2.75. The van der Waals surface area contributed by atoms with Crippen molar-refractivity contribution in [3.05, 3.63) is 35.9 Å². The van der Waals surface area contributed by atoms with Crippen molar-refractivity contribution in [2.75, 3.05) is 6.54 Å². The van der Waals surface area contributed by atoms with Crippen LogP contribution >= 0.6 is 0 Å². The fourth-order valence-electron chi connectivity index (χ4n) is 3.12. The third kappa shape index (κ3) is 4.08. The van der Waals surface area contributed by atoms with Crippen LogP contribution in [0, 0.1) is 11.8 Å². The predicted molar refractivity (Wildman–Crippen MR) is 87.9 cm³/mol. The van der Waals surface area contributed by atoms with Gasteiger partial charge in [-0.3, -0.25) is 9.69 Å². The summed E-state index contributed by atoms with van der Waals surface area (Å²) in [5.41, 5.74) is 7.13. The summed E-state index contributed by atoms with van der Waals surface area (Å²) in [5.74, 6) is -0.149. The fourth-order valence-corrected chi connectivity index (χ4v) is 3.12. The molecule has 0 aliphatic carbocycles. The van der Waals surface area contributed by atoms with Gasteiger partial charge in [0.25, 0.3) is 0 Å². The topological polar surface area (TPSA) is 55.6 Å². The van der Waals surface area contributed by atoms with Crippen molar-refractivity contribution in [3.63, 3.8) is 0 Å². The molecule has 4 nitrogen and oxygen atoms in total. The Morgan fingerprint density at radius 1 is 1.32 bits per heavy atom. The smallest absolute Gasteiger partial charge is 0.312 e. The van der Waals surface area contributed by atoms with E-state index in [9.17, 15) is 4.79 Å². The molecular weight excluding hydrogens is 276 g/mol. The van der Waals surface area contributed by atoms with Crippen LogP contribution in [-0.4, -0.2) is 29.2 Å². The summed E-state index contributed by atoms with van der Waals surface area (Å²) < 4.78 is 5.58. The number of esters is 1. The summed E-state index contributed by atoms with van der Waals surface area (Å²) in [6.07, 6.45) is 0.656. The number of nitrogens with zero attached hydrogens (tertiary/aromatic N) is 1. The number of carbonyl (C=O) groups excluding carboxylic acids is 1. The van der Waals surface area contributed by atoms with Gasteiger partial charge in [0.05, 0.1) is 12.1 Å². The Bertz CT molecular complexity index is 496. The monoisotopic (exact) mass is 304 g/mol. The number of hydrogen-bond acceptors (Lipinski definition) is 4. The molecule has 0 saturated carbocycles. The molecule has 2 rings (SSSR count). The van der Waals surface area contributed by atoms with Gasteiger partial charge >= 0.3 is 5.97 Å². The second-order valence-corrected chi connectivity index (χ2v) is 7.13. The van der Waals surface area contributed by atoms with E-state index in [1.165, 1.54) is 5.56 Å². The third-order valence-electron chi connectivity index (χ3n) is 4.20. The Balaban J connectivity index is 2.09. The van der Waals surface area contributed by atoms with E-state index in [0.29, 0.717) is 0 Å². The number of benzene rings is 1. The van der Waals surface area contributed by atoms with E-state index in [2.05, 4.69) is 24.0 Å². The van der Waals surface area contributed by atoms with Crippen LogP contribution < -0.4 is 5.73 Å². The van der Waals surface area contributed by atoms with Gasteiger partial charge < -0.3 is 10.5 Å². The highest BCUT2D eigenvalue weighted by Crippen LogP contribution is 2.32. The predicted octanol–water partition coefficient (Wildman–Crippen LogP) is 2.77. The molecule has 1 aromatic rings. The molecule has 0 amide bonds. The minimum atomic E-state index is -0.470. The van der Waals surface area contributed by atoms with Crippen LogP contribution in [0.5, 0.6) is 0 Å². The Morgan fingerprint density at radius 2 is 1.95 bits per heavy atom. The highest BCUT2D eigenvalue weighted by Gasteiger charge is 2.44. The molecule has 1 fully saturated rings. The van der Waals surface area contributed by atoms with Crippen LogP contribution in [0.2, 0.25) is 0 Å². The first-order chi connectivity index (χ1) is 10.3. The summed E-state index contributed by atoms with van der Waals surface area (Å²) >= 11 is 0. The minimum Gasteiger partial charge on any atom is -0.460 e. The summed E-state index contributed by atoms with van der Waals surface area (Å²) in [5, 5.41) is 0. The van der Waals surface area contributed by atoms with E-state index >= 15 is 0 Å². The normalized spacial score (nSPS) is 26.1. The van der Waals surface area contributed by atoms with Gasteiger partial charge in [-0.25, -0.2) is 0 Å². The van der Waals surface area contributed by atoms with Crippen molar-refractivity contribution in [1.82, 2.24) is 4.90 Å². The lowest BCUT2D eigenvalue weighted by atomic mass is 9.92. The lowest BCUT2D eigenvalue weighted by Crippen LogP contribution is -2.44. The van der Waals surface area contributed by atoms with Crippen LogP contribution in [0.25, 0.3) is 0 Å². The van der Waals surface area contributed by atoms with Gasteiger partial charge in [0, 0.05) is 13.1 Å². The van der Waals surface area contributed by atoms with Crippen molar-refractivity contribution in [2.45, 2.75) is 52.4 Å². The van der Waals surface area contributed by atoms with Crippen LogP contribution in [0.1, 0.15) is 39.7 Å². The highest BCUT2D eigenvalue weighted by molar-refractivity contribution is 5.74. The number of hydrogen-bond donors (Lipinski definition) is 1. The van der Waals surface area contributed by atoms with Gasteiger partial charge in [0.15, 0.2) is 0 Å². The van der Waals surface area contributed by atoms with E-state index in [4.69, 9.17) is 10.5 Å². The molecular formula is C18H28N2O2. The van der Waals surface area contributed by atoms with E-state index in [-0.39, 0.29) is 24.0 Å². The molecule has 1 unspecified atom stereocenters. The summed E-state index contributed by atoms with van der Waals surface area (Å²) in [4.78, 5) is 14.7. The molecule has 0 spiro atoms. The summed E-state index contributed by atoms with van der Waals surface area (Å²) in [7, 11) is 0. The molecule has 3 atom stereocenters. The lowest BCUT2D eigenvalue weighted by molar-refractivity contribution is -0.162. The van der Waals surface area contributed by atoms with Gasteiger partial charge in [0.1, 0.15) is 5.60 Å². The lowest BCUT2D eigenvalue weighted by Gasteiger charge is -2.27. The second-order valence-electron chi connectivity index (χ2n) is 7.13. The number of likely N-dealkylation sites (tertiary alicyclic amines) is 1. The van der Waals surface area contributed by atoms with Gasteiger partial charge in [-0.1, -0.05) is 43.7 Å². The Labute approximate surface area is 133 Å². The molecule has 1 heterocycles. The van der Waals surface area contributed by atoms with Gasteiger partial charge in [0.2, 0.25) is 0 Å². The maximum absolute atomic E-state index is 12.5. The molecule has 2 N–H and O–H groups in total. The fraction of sp³-hybridized carbons (Fsp3) is 0.611. The van der Waals surface area contributed by atoms with Crippen molar-refractivity contribution in [3.8, 4) is 0 Å². The van der Waals surface area contributed by atoms with Crippen molar-refractivity contribution >= 4 is 5.97 Å². The zero-order valence-electron chi connectivity index (χ0n) is 14.1. The van der Waals surface area contributed by atoms with Gasteiger partial charge in [-0.2, -0.15) is 0 Å². The molecule has 0 bridgehead atoms. The van der Waals surface area contributed by atoms with Crippen molar-refractivity contribution in [1.29, 1.82) is 0 Å². The molecule has 1 aliphatic rings. The molecule has 1 aromatic carbocycles. The average molecular weight is 304 g/mol. The van der Waals surface area contributed by atoms with E-state index in [1.807, 2.05) is 39.0 Å². The molecule has 0 aromatic heterocycles. The summed E-state index contributed by atoms with van der Waals surface area (Å²) in [6.45, 7) is 9.42. The Kier molecular flexibility index (Phi) is 5.24. The van der Waals surface area contributed by atoms with Crippen molar-refractivity contribution in [2.24, 2.45) is 17.6 Å². The van der Waals surface area contributed by atoms with E-state index in [0.717, 1.165) is 19.5 Å². The first-order valence-electron chi connectivity index (χ1n) is 8.08. The van der Waals surface area contributed by atoms with E-state index in [1.54, 1.807) is 0 Å². The molecule has 1 aliphatic heterocycles. The first kappa shape index (κ1) is 17.0. The largest absolute Gasteiger partial charge is 0.460 e. The van der Waals surface area contributed by atoms with Gasteiger partial charge in [-0.05, 0) is 32.3 Å². The highest BCUT2D eigenvalue weighted by atomic mass is 16.6. The third-order valence-corrected chi connectivity index (χ3v) is 4.20. The number of nitrogens with two attached hydrogens (primary N) is 1. The summed E-state index contributed by atoms with van der Waals surface area (Å²) in [6, 6.07) is 10.2. The molecule has 1 saturated heterocycles. The van der Waals surface area contributed by atoms with Crippen LogP contribution in [0.4, 0.5) is 0 Å². The maximum atomic E-state index is 12.5. The zero-order chi connectivity index (χ0) is 16.3. The Morgan fingerprint density at radius 3 is 2.50 bits per heavy atom.